The molecule has 1 heterocycles. The molecule has 1 unspecified atom stereocenters. The SMILES string of the molecule is CC1(C)C(CCC#N)CCS1(=O)=O. The molecular formula is C9H15NO2S. The van der Waals surface area contributed by atoms with Gasteiger partial charge in [-0.15, -0.1) is 0 Å². The minimum absolute atomic E-state index is 0.164. The molecule has 0 aromatic heterocycles. The number of nitriles is 1. The van der Waals surface area contributed by atoms with Gasteiger partial charge >= 0.3 is 0 Å². The highest BCUT2D eigenvalue weighted by Gasteiger charge is 2.46. The Bertz CT molecular complexity index is 324. The Balaban J connectivity index is 2.78. The van der Waals surface area contributed by atoms with Gasteiger partial charge < -0.3 is 0 Å². The van der Waals surface area contributed by atoms with E-state index in [2.05, 4.69) is 6.07 Å². The zero-order valence-corrected chi connectivity index (χ0v) is 8.89. The molecular weight excluding hydrogens is 186 g/mol. The molecule has 1 fully saturated rings. The first-order chi connectivity index (χ1) is 5.92. The summed E-state index contributed by atoms with van der Waals surface area (Å²) in [6, 6.07) is 2.06. The number of hydrogen-bond donors (Lipinski definition) is 0. The molecule has 0 bridgehead atoms. The van der Waals surface area contributed by atoms with Crippen LogP contribution in [0.4, 0.5) is 0 Å². The lowest BCUT2D eigenvalue weighted by atomic mass is 9.89. The Morgan fingerprint density at radius 3 is 2.54 bits per heavy atom. The molecule has 0 aromatic carbocycles. The fraction of sp³-hybridized carbons (Fsp3) is 0.889. The van der Waals surface area contributed by atoms with E-state index in [1.54, 1.807) is 13.8 Å². The van der Waals surface area contributed by atoms with Gasteiger partial charge in [0.05, 0.1) is 16.6 Å². The van der Waals surface area contributed by atoms with Gasteiger partial charge in [0, 0.05) is 6.42 Å². The summed E-state index contributed by atoms with van der Waals surface area (Å²) in [6.07, 6.45) is 1.89. The van der Waals surface area contributed by atoms with Gasteiger partial charge in [0.1, 0.15) is 0 Å². The molecule has 0 aromatic rings. The quantitative estimate of drug-likeness (QED) is 0.680. The van der Waals surface area contributed by atoms with Gasteiger partial charge in [-0.05, 0) is 32.6 Å². The maximum atomic E-state index is 11.6. The first-order valence-corrected chi connectivity index (χ1v) is 6.16. The van der Waals surface area contributed by atoms with Crippen molar-refractivity contribution in [2.45, 2.75) is 37.9 Å². The smallest absolute Gasteiger partial charge is 0.155 e. The second-order valence-electron chi connectivity index (χ2n) is 4.10. The standard InChI is InChI=1S/C9H15NO2S/c1-9(2)8(4-3-6-10)5-7-13(9,11)12/h8H,3-5,7H2,1-2H3. The third-order valence-electron chi connectivity index (χ3n) is 3.12. The molecule has 74 valence electrons. The average molecular weight is 201 g/mol. The predicted molar refractivity (Wildman–Crippen MR) is 50.8 cm³/mol. The van der Waals surface area contributed by atoms with Crippen molar-refractivity contribution in [3.05, 3.63) is 0 Å². The Morgan fingerprint density at radius 2 is 2.15 bits per heavy atom. The fourth-order valence-electron chi connectivity index (χ4n) is 1.89. The zero-order chi connectivity index (χ0) is 10.1. The van der Waals surface area contributed by atoms with Crippen LogP contribution in [0, 0.1) is 17.2 Å². The summed E-state index contributed by atoms with van der Waals surface area (Å²) < 4.78 is 22.5. The first-order valence-electron chi connectivity index (χ1n) is 4.51. The molecule has 1 saturated heterocycles. The molecule has 13 heavy (non-hydrogen) atoms. The van der Waals surface area contributed by atoms with Crippen LogP contribution in [0.3, 0.4) is 0 Å². The van der Waals surface area contributed by atoms with Gasteiger partial charge in [0.15, 0.2) is 9.84 Å². The maximum absolute atomic E-state index is 11.6. The van der Waals surface area contributed by atoms with E-state index in [1.165, 1.54) is 0 Å². The van der Waals surface area contributed by atoms with Crippen molar-refractivity contribution >= 4 is 9.84 Å². The largest absolute Gasteiger partial charge is 0.228 e. The van der Waals surface area contributed by atoms with Crippen molar-refractivity contribution in [2.24, 2.45) is 5.92 Å². The van der Waals surface area contributed by atoms with E-state index in [9.17, 15) is 8.42 Å². The highest BCUT2D eigenvalue weighted by Crippen LogP contribution is 2.39. The van der Waals surface area contributed by atoms with Gasteiger partial charge in [-0.25, -0.2) is 8.42 Å². The minimum Gasteiger partial charge on any atom is -0.228 e. The average Bonchev–Trinajstić information content (AvgIpc) is 2.21. The van der Waals surface area contributed by atoms with E-state index < -0.39 is 14.6 Å². The van der Waals surface area contributed by atoms with Crippen molar-refractivity contribution < 1.29 is 8.42 Å². The lowest BCUT2D eigenvalue weighted by Crippen LogP contribution is -2.33. The Kier molecular flexibility index (Phi) is 2.67. The van der Waals surface area contributed by atoms with Crippen molar-refractivity contribution in [3.8, 4) is 6.07 Å². The maximum Gasteiger partial charge on any atom is 0.155 e. The molecule has 1 aliphatic heterocycles. The molecule has 1 aliphatic rings. The lowest BCUT2D eigenvalue weighted by Gasteiger charge is -2.24. The molecule has 0 saturated carbocycles. The second kappa shape index (κ2) is 3.30. The first kappa shape index (κ1) is 10.5. The van der Waals surface area contributed by atoms with E-state index in [0.29, 0.717) is 12.8 Å². The minimum atomic E-state index is -2.91. The van der Waals surface area contributed by atoms with Crippen LogP contribution in [0.15, 0.2) is 0 Å². The molecule has 0 amide bonds. The summed E-state index contributed by atoms with van der Waals surface area (Å²) in [7, 11) is -2.91. The van der Waals surface area contributed by atoms with Crippen LogP contribution in [0.1, 0.15) is 33.1 Å². The Hall–Kier alpha value is -0.560. The van der Waals surface area contributed by atoms with Crippen molar-refractivity contribution in [2.75, 3.05) is 5.75 Å². The summed E-state index contributed by atoms with van der Waals surface area (Å²) in [5, 5.41) is 8.43. The number of hydrogen-bond acceptors (Lipinski definition) is 3. The fourth-order valence-corrected chi connectivity index (χ4v) is 3.76. The van der Waals surface area contributed by atoms with E-state index in [4.69, 9.17) is 5.26 Å². The van der Waals surface area contributed by atoms with E-state index in [1.807, 2.05) is 0 Å². The van der Waals surface area contributed by atoms with Crippen LogP contribution in [0.25, 0.3) is 0 Å². The van der Waals surface area contributed by atoms with Crippen LogP contribution >= 0.6 is 0 Å². The van der Waals surface area contributed by atoms with E-state index in [-0.39, 0.29) is 11.7 Å². The van der Waals surface area contributed by atoms with Crippen molar-refractivity contribution in [1.82, 2.24) is 0 Å². The molecule has 0 radical (unpaired) electrons. The molecule has 0 spiro atoms. The Morgan fingerprint density at radius 1 is 1.54 bits per heavy atom. The van der Waals surface area contributed by atoms with Crippen molar-refractivity contribution in [3.63, 3.8) is 0 Å². The third-order valence-corrected chi connectivity index (χ3v) is 5.83. The van der Waals surface area contributed by atoms with Gasteiger partial charge in [0.2, 0.25) is 0 Å². The van der Waals surface area contributed by atoms with Crippen LogP contribution in [-0.4, -0.2) is 18.9 Å². The van der Waals surface area contributed by atoms with Gasteiger partial charge in [-0.3, -0.25) is 0 Å². The summed E-state index contributed by atoms with van der Waals surface area (Å²) in [4.78, 5) is 0. The number of sulfone groups is 1. The summed E-state index contributed by atoms with van der Waals surface area (Å²) >= 11 is 0. The third kappa shape index (κ3) is 1.71. The lowest BCUT2D eigenvalue weighted by molar-refractivity contribution is 0.399. The molecule has 4 heteroatoms. The summed E-state index contributed by atoms with van der Waals surface area (Å²) in [5.41, 5.74) is 0. The van der Waals surface area contributed by atoms with Gasteiger partial charge in [0.25, 0.3) is 0 Å². The van der Waals surface area contributed by atoms with E-state index in [0.717, 1.165) is 6.42 Å². The predicted octanol–water partition coefficient (Wildman–Crippen LogP) is 1.50. The number of nitrogens with zero attached hydrogens (tertiary/aromatic N) is 1. The van der Waals surface area contributed by atoms with Gasteiger partial charge in [-0.1, -0.05) is 0 Å². The molecule has 3 nitrogen and oxygen atoms in total. The molecule has 0 N–H and O–H groups in total. The van der Waals surface area contributed by atoms with Crippen molar-refractivity contribution in [1.29, 1.82) is 5.26 Å². The Labute approximate surface area is 79.7 Å². The highest BCUT2D eigenvalue weighted by molar-refractivity contribution is 7.93. The number of rotatable bonds is 2. The summed E-state index contributed by atoms with van der Waals surface area (Å²) in [5.74, 6) is 0.452. The van der Waals surface area contributed by atoms with Crippen LogP contribution < -0.4 is 0 Å². The van der Waals surface area contributed by atoms with Crippen LogP contribution in [-0.2, 0) is 9.84 Å². The highest BCUT2D eigenvalue weighted by atomic mass is 32.2. The molecule has 1 atom stereocenters. The summed E-state index contributed by atoms with van der Waals surface area (Å²) in [6.45, 7) is 3.55. The van der Waals surface area contributed by atoms with Gasteiger partial charge in [-0.2, -0.15) is 5.26 Å². The molecule has 1 rings (SSSR count). The topological polar surface area (TPSA) is 57.9 Å². The van der Waals surface area contributed by atoms with E-state index >= 15 is 0 Å². The van der Waals surface area contributed by atoms with Crippen LogP contribution in [0.2, 0.25) is 0 Å². The normalized spacial score (nSPS) is 29.8. The van der Waals surface area contributed by atoms with Crippen LogP contribution in [0.5, 0.6) is 0 Å². The zero-order valence-electron chi connectivity index (χ0n) is 8.08. The molecule has 0 aliphatic carbocycles. The monoisotopic (exact) mass is 201 g/mol. The second-order valence-corrected chi connectivity index (χ2v) is 6.79.